The molecule has 0 amide bonds. The average molecular weight is 209 g/mol. The highest BCUT2D eigenvalue weighted by Crippen LogP contribution is 2.06. The fraction of sp³-hybridized carbons (Fsp3) is 0.636. The van der Waals surface area contributed by atoms with Gasteiger partial charge in [-0.2, -0.15) is 0 Å². The SMILES string of the molecule is COC=CCCCCCCc1c[nH]nn1. The van der Waals surface area contributed by atoms with E-state index in [0.29, 0.717) is 0 Å². The van der Waals surface area contributed by atoms with Crippen LogP contribution in [-0.2, 0) is 11.2 Å². The molecule has 84 valence electrons. The van der Waals surface area contributed by atoms with E-state index in [9.17, 15) is 0 Å². The molecule has 1 aromatic rings. The standard InChI is InChI=1S/C11H19N3O/c1-15-9-7-5-3-2-4-6-8-11-10-12-14-13-11/h7,9-10H,2-6,8H2,1H3,(H,12,13,14). The number of unbranched alkanes of at least 4 members (excludes halogenated alkanes) is 4. The second-order valence-corrected chi connectivity index (χ2v) is 3.53. The van der Waals surface area contributed by atoms with Crippen LogP contribution in [0.5, 0.6) is 0 Å². The molecule has 0 unspecified atom stereocenters. The summed E-state index contributed by atoms with van der Waals surface area (Å²) in [5, 5.41) is 10.3. The van der Waals surface area contributed by atoms with E-state index in [4.69, 9.17) is 4.74 Å². The van der Waals surface area contributed by atoms with Gasteiger partial charge in [-0.25, -0.2) is 0 Å². The first-order valence-corrected chi connectivity index (χ1v) is 5.46. The molecule has 4 nitrogen and oxygen atoms in total. The molecule has 1 N–H and O–H groups in total. The lowest BCUT2D eigenvalue weighted by Gasteiger charge is -1.97. The summed E-state index contributed by atoms with van der Waals surface area (Å²) in [5.41, 5.74) is 1.06. The van der Waals surface area contributed by atoms with Crippen LogP contribution in [0.4, 0.5) is 0 Å². The van der Waals surface area contributed by atoms with Crippen LogP contribution in [0.15, 0.2) is 18.5 Å². The zero-order chi connectivity index (χ0) is 10.8. The molecule has 1 heterocycles. The molecule has 4 heteroatoms. The number of rotatable bonds is 8. The van der Waals surface area contributed by atoms with Crippen molar-refractivity contribution >= 4 is 0 Å². The van der Waals surface area contributed by atoms with Gasteiger partial charge in [0.25, 0.3) is 0 Å². The van der Waals surface area contributed by atoms with Crippen LogP contribution in [0.3, 0.4) is 0 Å². The number of methoxy groups -OCH3 is 1. The predicted octanol–water partition coefficient (Wildman–Crippen LogP) is 2.46. The van der Waals surface area contributed by atoms with Crippen molar-refractivity contribution in [2.45, 2.75) is 38.5 Å². The molecule has 0 fully saturated rings. The molecule has 0 saturated carbocycles. The maximum atomic E-state index is 4.82. The Hall–Kier alpha value is -1.32. The molecule has 0 aliphatic rings. The largest absolute Gasteiger partial charge is 0.505 e. The Morgan fingerprint density at radius 1 is 1.33 bits per heavy atom. The topological polar surface area (TPSA) is 50.8 Å². The van der Waals surface area contributed by atoms with Crippen LogP contribution in [-0.4, -0.2) is 22.5 Å². The molecular weight excluding hydrogens is 190 g/mol. The third-order valence-corrected chi connectivity index (χ3v) is 2.25. The molecule has 0 bridgehead atoms. The van der Waals surface area contributed by atoms with E-state index in [2.05, 4.69) is 21.5 Å². The Bertz CT molecular complexity index is 257. The number of aryl methyl sites for hydroxylation is 1. The van der Waals surface area contributed by atoms with Crippen molar-refractivity contribution in [3.63, 3.8) is 0 Å². The highest BCUT2D eigenvalue weighted by atomic mass is 16.5. The predicted molar refractivity (Wildman–Crippen MR) is 59.3 cm³/mol. The molecule has 0 aromatic carbocycles. The Morgan fingerprint density at radius 2 is 2.20 bits per heavy atom. The smallest absolute Gasteiger partial charge is 0.0824 e. The van der Waals surface area contributed by atoms with Crippen molar-refractivity contribution in [3.8, 4) is 0 Å². The second kappa shape index (κ2) is 8.03. The van der Waals surface area contributed by atoms with Gasteiger partial charge < -0.3 is 4.74 Å². The zero-order valence-corrected chi connectivity index (χ0v) is 9.28. The zero-order valence-electron chi connectivity index (χ0n) is 9.28. The molecule has 15 heavy (non-hydrogen) atoms. The van der Waals surface area contributed by atoms with Gasteiger partial charge in [0.1, 0.15) is 0 Å². The summed E-state index contributed by atoms with van der Waals surface area (Å²) < 4.78 is 4.82. The molecular formula is C11H19N3O. The van der Waals surface area contributed by atoms with Crippen LogP contribution in [0.1, 0.15) is 37.8 Å². The van der Waals surface area contributed by atoms with Gasteiger partial charge in [-0.3, -0.25) is 5.10 Å². The molecule has 1 rings (SSSR count). The number of aromatic nitrogens is 3. The minimum atomic E-state index is 1.03. The first-order valence-electron chi connectivity index (χ1n) is 5.46. The minimum absolute atomic E-state index is 1.03. The van der Waals surface area contributed by atoms with E-state index in [1.54, 1.807) is 13.4 Å². The molecule has 0 aliphatic heterocycles. The number of hydrogen-bond donors (Lipinski definition) is 1. The summed E-state index contributed by atoms with van der Waals surface area (Å²) in [5.74, 6) is 0. The van der Waals surface area contributed by atoms with Crippen molar-refractivity contribution in [1.29, 1.82) is 0 Å². The third-order valence-electron chi connectivity index (χ3n) is 2.25. The number of allylic oxidation sites excluding steroid dienone is 1. The summed E-state index contributed by atoms with van der Waals surface area (Å²) in [7, 11) is 1.68. The normalized spacial score (nSPS) is 11.0. The monoisotopic (exact) mass is 209 g/mol. The lowest BCUT2D eigenvalue weighted by molar-refractivity contribution is 0.336. The number of nitrogens with one attached hydrogen (secondary N) is 1. The van der Waals surface area contributed by atoms with E-state index >= 15 is 0 Å². The van der Waals surface area contributed by atoms with Crippen molar-refractivity contribution in [3.05, 3.63) is 24.2 Å². The lowest BCUT2D eigenvalue weighted by Crippen LogP contribution is -1.86. The van der Waals surface area contributed by atoms with E-state index in [-0.39, 0.29) is 0 Å². The van der Waals surface area contributed by atoms with Crippen LogP contribution < -0.4 is 0 Å². The number of hydrogen-bond acceptors (Lipinski definition) is 3. The molecule has 0 radical (unpaired) electrons. The highest BCUT2D eigenvalue weighted by Gasteiger charge is 1.95. The fourth-order valence-corrected chi connectivity index (χ4v) is 1.43. The Morgan fingerprint density at radius 3 is 2.93 bits per heavy atom. The van der Waals surface area contributed by atoms with Gasteiger partial charge in [0, 0.05) is 6.20 Å². The van der Waals surface area contributed by atoms with Gasteiger partial charge in [-0.1, -0.05) is 18.1 Å². The minimum Gasteiger partial charge on any atom is -0.505 e. The van der Waals surface area contributed by atoms with Crippen molar-refractivity contribution < 1.29 is 4.74 Å². The number of aromatic amines is 1. The van der Waals surface area contributed by atoms with Gasteiger partial charge in [0.05, 0.1) is 19.1 Å². The molecule has 0 spiro atoms. The summed E-state index contributed by atoms with van der Waals surface area (Å²) in [6.45, 7) is 0. The molecule has 1 aromatic heterocycles. The molecule has 0 saturated heterocycles. The molecule has 0 atom stereocenters. The summed E-state index contributed by atoms with van der Waals surface area (Å²) in [4.78, 5) is 0. The fourth-order valence-electron chi connectivity index (χ4n) is 1.43. The number of H-pyrrole nitrogens is 1. The van der Waals surface area contributed by atoms with E-state index < -0.39 is 0 Å². The number of ether oxygens (including phenoxy) is 1. The van der Waals surface area contributed by atoms with Gasteiger partial charge >= 0.3 is 0 Å². The van der Waals surface area contributed by atoms with E-state index in [1.807, 2.05) is 6.20 Å². The van der Waals surface area contributed by atoms with Gasteiger partial charge in [-0.05, 0) is 31.8 Å². The quantitative estimate of drug-likeness (QED) is 0.528. The summed E-state index contributed by atoms with van der Waals surface area (Å²) in [6.07, 6.45) is 12.8. The lowest BCUT2D eigenvalue weighted by atomic mass is 10.1. The van der Waals surface area contributed by atoms with E-state index in [1.165, 1.54) is 25.7 Å². The van der Waals surface area contributed by atoms with Crippen molar-refractivity contribution in [2.24, 2.45) is 0 Å². The summed E-state index contributed by atoms with van der Waals surface area (Å²) in [6, 6.07) is 0. The Balaban J connectivity index is 1.87. The molecule has 0 aliphatic carbocycles. The third kappa shape index (κ3) is 5.88. The van der Waals surface area contributed by atoms with Crippen LogP contribution >= 0.6 is 0 Å². The van der Waals surface area contributed by atoms with Gasteiger partial charge in [0.2, 0.25) is 0 Å². The van der Waals surface area contributed by atoms with Crippen LogP contribution in [0, 0.1) is 0 Å². The average Bonchev–Trinajstić information content (AvgIpc) is 2.75. The maximum absolute atomic E-state index is 4.82. The Labute approximate surface area is 90.7 Å². The van der Waals surface area contributed by atoms with Gasteiger partial charge in [0.15, 0.2) is 0 Å². The maximum Gasteiger partial charge on any atom is 0.0824 e. The Kier molecular flexibility index (Phi) is 6.29. The van der Waals surface area contributed by atoms with Crippen LogP contribution in [0.2, 0.25) is 0 Å². The van der Waals surface area contributed by atoms with Crippen molar-refractivity contribution in [2.75, 3.05) is 7.11 Å². The number of nitrogens with zero attached hydrogens (tertiary/aromatic N) is 2. The highest BCUT2D eigenvalue weighted by molar-refractivity contribution is 4.89. The first kappa shape index (κ1) is 11.8. The first-order chi connectivity index (χ1) is 7.43. The van der Waals surface area contributed by atoms with Gasteiger partial charge in [-0.15, -0.1) is 5.10 Å². The van der Waals surface area contributed by atoms with E-state index in [0.717, 1.165) is 18.5 Å². The second-order valence-electron chi connectivity index (χ2n) is 3.53. The summed E-state index contributed by atoms with van der Waals surface area (Å²) >= 11 is 0. The van der Waals surface area contributed by atoms with Crippen LogP contribution in [0.25, 0.3) is 0 Å². The van der Waals surface area contributed by atoms with Crippen molar-refractivity contribution in [1.82, 2.24) is 15.4 Å².